The fraction of sp³-hybridized carbons (Fsp3) is 0.438. The van der Waals surface area contributed by atoms with Gasteiger partial charge in [-0.15, -0.1) is 10.2 Å². The molecule has 0 atom stereocenters. The third kappa shape index (κ3) is 4.36. The highest BCUT2D eigenvalue weighted by molar-refractivity contribution is 7.15. The first-order chi connectivity index (χ1) is 10.1. The molecule has 0 bridgehead atoms. The summed E-state index contributed by atoms with van der Waals surface area (Å²) >= 11 is 1.46. The average molecular weight is 303 g/mol. The highest BCUT2D eigenvalue weighted by atomic mass is 32.1. The maximum absolute atomic E-state index is 12.2. The van der Waals surface area contributed by atoms with Crippen LogP contribution in [0.3, 0.4) is 0 Å². The standard InChI is InChI=1S/C16H21N3OS/c1-4-5-6-7-14-18-19-16(21-14)17-15(20)13-9-8-11(2)10-12(13)3/h8-10H,4-7H2,1-3H3,(H,17,19,20). The van der Waals surface area contributed by atoms with E-state index in [-0.39, 0.29) is 5.91 Å². The van der Waals surface area contributed by atoms with Crippen molar-refractivity contribution < 1.29 is 4.79 Å². The molecule has 0 spiro atoms. The molecule has 2 aromatic rings. The van der Waals surface area contributed by atoms with Crippen LogP contribution in [0.25, 0.3) is 0 Å². The fourth-order valence-electron chi connectivity index (χ4n) is 2.16. The largest absolute Gasteiger partial charge is 0.296 e. The van der Waals surface area contributed by atoms with Crippen molar-refractivity contribution in [1.29, 1.82) is 0 Å². The van der Waals surface area contributed by atoms with Crippen molar-refractivity contribution >= 4 is 22.4 Å². The number of nitrogens with one attached hydrogen (secondary N) is 1. The summed E-state index contributed by atoms with van der Waals surface area (Å²) in [5, 5.41) is 12.6. The molecule has 112 valence electrons. The Morgan fingerprint density at radius 3 is 2.76 bits per heavy atom. The summed E-state index contributed by atoms with van der Waals surface area (Å²) in [6.07, 6.45) is 4.44. The van der Waals surface area contributed by atoms with Crippen molar-refractivity contribution in [3.05, 3.63) is 39.9 Å². The second-order valence-electron chi connectivity index (χ2n) is 5.23. The van der Waals surface area contributed by atoms with E-state index in [2.05, 4.69) is 22.4 Å². The Morgan fingerprint density at radius 1 is 1.24 bits per heavy atom. The lowest BCUT2D eigenvalue weighted by Gasteiger charge is -2.05. The molecule has 4 nitrogen and oxygen atoms in total. The second-order valence-corrected chi connectivity index (χ2v) is 6.29. The predicted molar refractivity (Wildman–Crippen MR) is 87.0 cm³/mol. The summed E-state index contributed by atoms with van der Waals surface area (Å²) in [6.45, 7) is 6.13. The van der Waals surface area contributed by atoms with Gasteiger partial charge in [0.1, 0.15) is 5.01 Å². The molecular formula is C16H21N3OS. The number of anilines is 1. The number of nitrogens with zero attached hydrogens (tertiary/aromatic N) is 2. The lowest BCUT2D eigenvalue weighted by Crippen LogP contribution is -2.13. The smallest absolute Gasteiger partial charge is 0.257 e. The first-order valence-electron chi connectivity index (χ1n) is 7.31. The minimum absolute atomic E-state index is 0.122. The minimum atomic E-state index is -0.122. The quantitative estimate of drug-likeness (QED) is 0.816. The molecule has 1 heterocycles. The van der Waals surface area contributed by atoms with Crippen LogP contribution < -0.4 is 5.32 Å². The van der Waals surface area contributed by atoms with E-state index in [1.54, 1.807) is 0 Å². The number of aryl methyl sites for hydroxylation is 3. The molecule has 0 aliphatic rings. The molecule has 2 rings (SSSR count). The fourth-order valence-corrected chi connectivity index (χ4v) is 2.94. The van der Waals surface area contributed by atoms with Gasteiger partial charge in [0.15, 0.2) is 0 Å². The number of carbonyl (C=O) groups is 1. The lowest BCUT2D eigenvalue weighted by atomic mass is 10.1. The SMILES string of the molecule is CCCCCc1nnc(NC(=O)c2ccc(C)cc2C)s1. The van der Waals surface area contributed by atoms with Gasteiger partial charge in [-0.05, 0) is 31.9 Å². The number of aromatic nitrogens is 2. The topological polar surface area (TPSA) is 54.9 Å². The molecule has 0 unspecified atom stereocenters. The molecule has 0 fully saturated rings. The Kier molecular flexibility index (Phi) is 5.44. The number of amides is 1. The number of hydrogen-bond donors (Lipinski definition) is 1. The maximum atomic E-state index is 12.2. The van der Waals surface area contributed by atoms with Gasteiger partial charge >= 0.3 is 0 Å². The highest BCUT2D eigenvalue weighted by Gasteiger charge is 2.12. The molecule has 1 aromatic carbocycles. The third-order valence-corrected chi connectivity index (χ3v) is 4.21. The Hall–Kier alpha value is -1.75. The molecule has 5 heteroatoms. The number of rotatable bonds is 6. The summed E-state index contributed by atoms with van der Waals surface area (Å²) in [6, 6.07) is 5.80. The van der Waals surface area contributed by atoms with Gasteiger partial charge in [0, 0.05) is 12.0 Å². The van der Waals surface area contributed by atoms with E-state index in [1.807, 2.05) is 32.0 Å². The van der Waals surface area contributed by atoms with E-state index in [1.165, 1.54) is 24.2 Å². The van der Waals surface area contributed by atoms with Crippen molar-refractivity contribution in [2.24, 2.45) is 0 Å². The number of benzene rings is 1. The van der Waals surface area contributed by atoms with E-state index < -0.39 is 0 Å². The van der Waals surface area contributed by atoms with Crippen LogP contribution in [-0.4, -0.2) is 16.1 Å². The Labute approximate surface area is 129 Å². The highest BCUT2D eigenvalue weighted by Crippen LogP contribution is 2.19. The van der Waals surface area contributed by atoms with Crippen molar-refractivity contribution in [2.75, 3.05) is 5.32 Å². The van der Waals surface area contributed by atoms with Crippen molar-refractivity contribution in [3.8, 4) is 0 Å². The van der Waals surface area contributed by atoms with Gasteiger partial charge in [0.05, 0.1) is 0 Å². The zero-order chi connectivity index (χ0) is 15.2. The van der Waals surface area contributed by atoms with E-state index in [0.717, 1.165) is 29.0 Å². The molecule has 1 N–H and O–H groups in total. The zero-order valence-electron chi connectivity index (χ0n) is 12.8. The Morgan fingerprint density at radius 2 is 2.05 bits per heavy atom. The average Bonchev–Trinajstić information content (AvgIpc) is 2.86. The van der Waals surface area contributed by atoms with Crippen LogP contribution in [0.5, 0.6) is 0 Å². The van der Waals surface area contributed by atoms with Gasteiger partial charge in [-0.25, -0.2) is 0 Å². The van der Waals surface area contributed by atoms with E-state index in [0.29, 0.717) is 10.7 Å². The van der Waals surface area contributed by atoms with Gasteiger partial charge in [-0.1, -0.05) is 48.8 Å². The van der Waals surface area contributed by atoms with Gasteiger partial charge in [-0.2, -0.15) is 0 Å². The summed E-state index contributed by atoms with van der Waals surface area (Å²) in [4.78, 5) is 12.2. The lowest BCUT2D eigenvalue weighted by molar-refractivity contribution is 0.102. The van der Waals surface area contributed by atoms with Crippen molar-refractivity contribution in [1.82, 2.24) is 10.2 Å². The summed E-state index contributed by atoms with van der Waals surface area (Å²) in [5.41, 5.74) is 2.81. The van der Waals surface area contributed by atoms with Gasteiger partial charge in [0.25, 0.3) is 5.91 Å². The molecule has 1 aromatic heterocycles. The van der Waals surface area contributed by atoms with Crippen LogP contribution in [0, 0.1) is 13.8 Å². The molecular weight excluding hydrogens is 282 g/mol. The van der Waals surface area contributed by atoms with Crippen molar-refractivity contribution in [2.45, 2.75) is 46.5 Å². The first-order valence-corrected chi connectivity index (χ1v) is 8.12. The van der Waals surface area contributed by atoms with Crippen LogP contribution in [0.15, 0.2) is 18.2 Å². The molecule has 0 saturated carbocycles. The van der Waals surface area contributed by atoms with Crippen LogP contribution in [0.4, 0.5) is 5.13 Å². The normalized spacial score (nSPS) is 10.6. The molecule has 1 amide bonds. The van der Waals surface area contributed by atoms with E-state index in [9.17, 15) is 4.79 Å². The Balaban J connectivity index is 1.99. The molecule has 0 saturated heterocycles. The number of carbonyl (C=O) groups excluding carboxylic acids is 1. The third-order valence-electron chi connectivity index (χ3n) is 3.31. The first kappa shape index (κ1) is 15.6. The van der Waals surface area contributed by atoms with E-state index >= 15 is 0 Å². The molecule has 0 aliphatic heterocycles. The summed E-state index contributed by atoms with van der Waals surface area (Å²) in [5.74, 6) is -0.122. The van der Waals surface area contributed by atoms with Crippen LogP contribution >= 0.6 is 11.3 Å². The zero-order valence-corrected chi connectivity index (χ0v) is 13.6. The number of unbranched alkanes of at least 4 members (excludes halogenated alkanes) is 2. The second kappa shape index (κ2) is 7.31. The minimum Gasteiger partial charge on any atom is -0.296 e. The molecule has 21 heavy (non-hydrogen) atoms. The monoisotopic (exact) mass is 303 g/mol. The van der Waals surface area contributed by atoms with E-state index in [4.69, 9.17) is 0 Å². The molecule has 0 aliphatic carbocycles. The van der Waals surface area contributed by atoms with Crippen LogP contribution in [0.2, 0.25) is 0 Å². The number of hydrogen-bond acceptors (Lipinski definition) is 4. The van der Waals surface area contributed by atoms with Crippen LogP contribution in [0.1, 0.15) is 52.7 Å². The Bertz CT molecular complexity index is 622. The summed E-state index contributed by atoms with van der Waals surface area (Å²) < 4.78 is 0. The van der Waals surface area contributed by atoms with Crippen LogP contribution in [-0.2, 0) is 6.42 Å². The maximum Gasteiger partial charge on any atom is 0.257 e. The van der Waals surface area contributed by atoms with Gasteiger partial charge in [-0.3, -0.25) is 10.1 Å². The molecule has 0 radical (unpaired) electrons. The summed E-state index contributed by atoms with van der Waals surface area (Å²) in [7, 11) is 0. The predicted octanol–water partition coefficient (Wildman–Crippen LogP) is 4.14. The van der Waals surface area contributed by atoms with Crippen molar-refractivity contribution in [3.63, 3.8) is 0 Å². The van der Waals surface area contributed by atoms with Gasteiger partial charge < -0.3 is 0 Å². The van der Waals surface area contributed by atoms with Gasteiger partial charge in [0.2, 0.25) is 5.13 Å².